The van der Waals surface area contributed by atoms with E-state index >= 15 is 0 Å². The summed E-state index contributed by atoms with van der Waals surface area (Å²) in [5.74, 6) is 2.15. The number of fused-ring (bicyclic) bond motifs is 2. The first-order chi connectivity index (χ1) is 18.5. The lowest BCUT2D eigenvalue weighted by Crippen LogP contribution is -2.37. The van der Waals surface area contributed by atoms with Crippen LogP contribution < -0.4 is 11.1 Å². The number of hydrogen-bond donors (Lipinski definition) is 2. The van der Waals surface area contributed by atoms with E-state index in [1.54, 1.807) is 6.07 Å². The van der Waals surface area contributed by atoms with Crippen molar-refractivity contribution in [2.24, 2.45) is 5.73 Å². The molecule has 0 saturated carbocycles. The fraction of sp³-hybridized carbons (Fsp3) is 0.250. The molecular formula is C28H29N7O2S. The average molecular weight is 528 g/mol. The molecule has 0 spiro atoms. The standard InChI is InChI=1S/C28H29N7O2S/c1-19-16-23-22(26(29)36)8-5-9-24(23)34(19)28-31-27(30-17-20-6-3-2-4-7-20)25-11-10-21(35(25)32-28)18-33-12-14-38(37)15-13-33/h2-11,16H,12-15,17-18H2,1H3,(H2,29,36)(H,30,31,32). The van der Waals surface area contributed by atoms with E-state index in [-0.39, 0.29) is 0 Å². The van der Waals surface area contributed by atoms with Gasteiger partial charge in [-0.1, -0.05) is 36.4 Å². The molecule has 1 amide bonds. The van der Waals surface area contributed by atoms with Gasteiger partial charge < -0.3 is 11.1 Å². The number of benzene rings is 2. The maximum absolute atomic E-state index is 12.1. The minimum absolute atomic E-state index is 0.468. The molecule has 194 valence electrons. The summed E-state index contributed by atoms with van der Waals surface area (Å²) in [5.41, 5.74) is 10.9. The number of carbonyl (C=O) groups excluding carboxylic acids is 1. The van der Waals surface area contributed by atoms with Crippen LogP contribution in [-0.4, -0.2) is 58.8 Å². The summed E-state index contributed by atoms with van der Waals surface area (Å²) < 4.78 is 15.8. The highest BCUT2D eigenvalue weighted by atomic mass is 32.2. The van der Waals surface area contributed by atoms with E-state index in [4.69, 9.17) is 15.8 Å². The van der Waals surface area contributed by atoms with Gasteiger partial charge in [0.2, 0.25) is 5.91 Å². The van der Waals surface area contributed by atoms with Gasteiger partial charge in [-0.25, -0.2) is 4.52 Å². The molecule has 3 N–H and O–H groups in total. The van der Waals surface area contributed by atoms with Crippen molar-refractivity contribution in [1.82, 2.24) is 24.1 Å². The summed E-state index contributed by atoms with van der Waals surface area (Å²) >= 11 is 0. The molecule has 1 aliphatic rings. The SMILES string of the molecule is Cc1cc2c(C(N)=O)cccc2n1-c1nc(NCc2ccccc2)c2ccc(CN3CCS(=O)CC3)n2n1. The molecule has 2 aromatic carbocycles. The summed E-state index contributed by atoms with van der Waals surface area (Å²) in [6.07, 6.45) is 0. The molecule has 0 aliphatic carbocycles. The first kappa shape index (κ1) is 24.3. The van der Waals surface area contributed by atoms with Gasteiger partial charge in [-0.2, -0.15) is 4.98 Å². The smallest absolute Gasteiger partial charge is 0.254 e. The van der Waals surface area contributed by atoms with E-state index in [9.17, 15) is 9.00 Å². The second kappa shape index (κ2) is 10.0. The van der Waals surface area contributed by atoms with Crippen molar-refractivity contribution in [2.75, 3.05) is 29.9 Å². The zero-order valence-corrected chi connectivity index (χ0v) is 21.9. The molecular weight excluding hydrogens is 498 g/mol. The monoisotopic (exact) mass is 527 g/mol. The van der Waals surface area contributed by atoms with E-state index in [1.807, 2.05) is 58.5 Å². The van der Waals surface area contributed by atoms with E-state index < -0.39 is 16.7 Å². The lowest BCUT2D eigenvalue weighted by Gasteiger charge is -2.25. The van der Waals surface area contributed by atoms with Gasteiger partial charge in [0.05, 0.1) is 11.2 Å². The van der Waals surface area contributed by atoms with Crippen molar-refractivity contribution >= 4 is 38.9 Å². The van der Waals surface area contributed by atoms with Crippen LogP contribution in [0.25, 0.3) is 22.4 Å². The molecule has 38 heavy (non-hydrogen) atoms. The highest BCUT2D eigenvalue weighted by Crippen LogP contribution is 2.27. The Morgan fingerprint density at radius 3 is 2.58 bits per heavy atom. The summed E-state index contributed by atoms with van der Waals surface area (Å²) in [7, 11) is -0.727. The zero-order valence-electron chi connectivity index (χ0n) is 21.1. The summed E-state index contributed by atoms with van der Waals surface area (Å²) in [6.45, 7) is 4.89. The first-order valence-electron chi connectivity index (χ1n) is 12.6. The Balaban J connectivity index is 1.47. The number of nitrogens with zero attached hydrogens (tertiary/aromatic N) is 5. The van der Waals surface area contributed by atoms with Gasteiger partial charge in [-0.15, -0.1) is 5.10 Å². The number of amides is 1. The average Bonchev–Trinajstić information content (AvgIpc) is 3.48. The topological polar surface area (TPSA) is 111 Å². The lowest BCUT2D eigenvalue weighted by molar-refractivity contribution is 0.100. The van der Waals surface area contributed by atoms with Crippen molar-refractivity contribution in [3.63, 3.8) is 0 Å². The molecule has 0 unspecified atom stereocenters. The molecule has 1 fully saturated rings. The third kappa shape index (κ3) is 4.57. The van der Waals surface area contributed by atoms with Gasteiger partial charge in [-0.3, -0.25) is 18.5 Å². The van der Waals surface area contributed by atoms with Gasteiger partial charge in [0.15, 0.2) is 5.82 Å². The van der Waals surface area contributed by atoms with Gasteiger partial charge in [-0.05, 0) is 42.8 Å². The van der Waals surface area contributed by atoms with Crippen molar-refractivity contribution in [3.8, 4) is 5.95 Å². The van der Waals surface area contributed by atoms with Gasteiger partial charge in [0.1, 0.15) is 5.52 Å². The van der Waals surface area contributed by atoms with Crippen LogP contribution in [0.1, 0.15) is 27.3 Å². The third-order valence-electron chi connectivity index (χ3n) is 7.03. The molecule has 1 saturated heterocycles. The van der Waals surface area contributed by atoms with Gasteiger partial charge >= 0.3 is 0 Å². The van der Waals surface area contributed by atoms with E-state index in [0.29, 0.717) is 36.1 Å². The highest BCUT2D eigenvalue weighted by molar-refractivity contribution is 7.85. The quantitative estimate of drug-likeness (QED) is 0.336. The van der Waals surface area contributed by atoms with Crippen molar-refractivity contribution in [1.29, 1.82) is 0 Å². The summed E-state index contributed by atoms with van der Waals surface area (Å²) in [5, 5.41) is 9.27. The van der Waals surface area contributed by atoms with Crippen molar-refractivity contribution in [3.05, 3.63) is 89.2 Å². The number of nitrogens with two attached hydrogens (primary N) is 1. The fourth-order valence-corrected chi connectivity index (χ4v) is 6.20. The minimum atomic E-state index is -0.727. The number of anilines is 1. The molecule has 10 heteroatoms. The summed E-state index contributed by atoms with van der Waals surface area (Å²) in [6, 6.07) is 21.8. The first-order valence-corrected chi connectivity index (χ1v) is 14.1. The maximum Gasteiger partial charge on any atom is 0.254 e. The van der Waals surface area contributed by atoms with Crippen LogP contribution in [0, 0.1) is 6.92 Å². The Bertz CT molecular complexity index is 1670. The molecule has 1 aliphatic heterocycles. The Labute approximate surface area is 222 Å². The van der Waals surface area contributed by atoms with E-state index in [2.05, 4.69) is 28.4 Å². The number of rotatable bonds is 7. The van der Waals surface area contributed by atoms with Crippen LogP contribution >= 0.6 is 0 Å². The highest BCUT2D eigenvalue weighted by Gasteiger charge is 2.20. The second-order valence-corrected chi connectivity index (χ2v) is 11.3. The zero-order chi connectivity index (χ0) is 26.2. The van der Waals surface area contributed by atoms with Crippen LogP contribution in [0.2, 0.25) is 0 Å². The number of aryl methyl sites for hydroxylation is 1. The van der Waals surface area contributed by atoms with Crippen LogP contribution in [-0.2, 0) is 23.9 Å². The van der Waals surface area contributed by atoms with Gasteiger partial charge in [0, 0.05) is 65.1 Å². The number of primary amides is 1. The third-order valence-corrected chi connectivity index (χ3v) is 8.31. The maximum atomic E-state index is 12.1. The van der Waals surface area contributed by atoms with E-state index in [0.717, 1.165) is 52.3 Å². The number of carbonyl (C=O) groups is 1. The van der Waals surface area contributed by atoms with E-state index in [1.165, 1.54) is 0 Å². The Hall–Kier alpha value is -4.02. The molecule has 6 rings (SSSR count). The number of nitrogens with one attached hydrogen (secondary N) is 1. The molecule has 3 aromatic heterocycles. The molecule has 0 bridgehead atoms. The predicted octanol–water partition coefficient (Wildman–Crippen LogP) is 3.26. The van der Waals surface area contributed by atoms with Crippen LogP contribution in [0.15, 0.2) is 66.7 Å². The number of hydrogen-bond acceptors (Lipinski definition) is 6. The van der Waals surface area contributed by atoms with Gasteiger partial charge in [0.25, 0.3) is 5.95 Å². The lowest BCUT2D eigenvalue weighted by atomic mass is 10.1. The van der Waals surface area contributed by atoms with Crippen molar-refractivity contribution < 1.29 is 9.00 Å². The van der Waals surface area contributed by atoms with Crippen molar-refractivity contribution in [2.45, 2.75) is 20.0 Å². The fourth-order valence-electron chi connectivity index (χ4n) is 5.07. The predicted molar refractivity (Wildman–Crippen MR) is 150 cm³/mol. The largest absolute Gasteiger partial charge is 0.366 e. The Kier molecular flexibility index (Phi) is 6.42. The van der Waals surface area contributed by atoms with Crippen LogP contribution in [0.3, 0.4) is 0 Å². The van der Waals surface area contributed by atoms with Crippen LogP contribution in [0.5, 0.6) is 0 Å². The molecule has 0 radical (unpaired) electrons. The van der Waals surface area contributed by atoms with Crippen LogP contribution in [0.4, 0.5) is 5.82 Å². The second-order valence-electron chi connectivity index (χ2n) is 9.57. The molecule has 5 aromatic rings. The normalized spacial score (nSPS) is 14.9. The Morgan fingerprint density at radius 2 is 1.82 bits per heavy atom. The summed E-state index contributed by atoms with van der Waals surface area (Å²) in [4.78, 5) is 19.4. The molecule has 4 heterocycles. The molecule has 9 nitrogen and oxygen atoms in total. The number of aromatic nitrogens is 4. The minimum Gasteiger partial charge on any atom is -0.366 e. The Morgan fingerprint density at radius 1 is 1.03 bits per heavy atom. The molecule has 0 atom stereocenters.